The van der Waals surface area contributed by atoms with Crippen molar-refractivity contribution in [3.8, 4) is 0 Å². The zero-order valence-electron chi connectivity index (χ0n) is 16.6. The first-order valence-electron chi connectivity index (χ1n) is 9.22. The number of thioether (sulfide) groups is 1. The average Bonchev–Trinajstić information content (AvgIpc) is 2.72. The van der Waals surface area contributed by atoms with E-state index >= 15 is 0 Å². The molecule has 0 fully saturated rings. The molecule has 9 heteroatoms. The third kappa shape index (κ3) is 6.90. The molecule has 0 spiro atoms. The Balaban J connectivity index is 1.64. The molecule has 5 nitrogen and oxygen atoms in total. The maximum atomic E-state index is 12.5. The van der Waals surface area contributed by atoms with Crippen molar-refractivity contribution in [3.05, 3.63) is 88.4 Å². The second-order valence-corrected chi connectivity index (χ2v) is 10.5. The highest BCUT2D eigenvalue weighted by Gasteiger charge is 2.23. The number of carbonyl (C=O) groups is 1. The molecule has 0 unspecified atom stereocenters. The van der Waals surface area contributed by atoms with Crippen molar-refractivity contribution >= 4 is 62.3 Å². The maximum absolute atomic E-state index is 12.5. The highest BCUT2D eigenvalue weighted by molar-refractivity contribution is 7.98. The number of anilines is 2. The minimum absolute atomic E-state index is 0.144. The van der Waals surface area contributed by atoms with E-state index in [9.17, 15) is 13.2 Å². The molecule has 0 bridgehead atoms. The predicted molar refractivity (Wildman–Crippen MR) is 130 cm³/mol. The summed E-state index contributed by atoms with van der Waals surface area (Å²) in [4.78, 5) is 13.7. The van der Waals surface area contributed by atoms with E-state index < -0.39 is 22.5 Å². The van der Waals surface area contributed by atoms with Crippen molar-refractivity contribution in [1.29, 1.82) is 0 Å². The van der Waals surface area contributed by atoms with Crippen LogP contribution in [0.5, 0.6) is 0 Å². The fraction of sp³-hybridized carbons (Fsp3) is 0.136. The Labute approximate surface area is 196 Å². The van der Waals surface area contributed by atoms with Crippen LogP contribution in [0.2, 0.25) is 10.0 Å². The molecule has 3 aromatic carbocycles. The van der Waals surface area contributed by atoms with Gasteiger partial charge in [0.15, 0.2) is 0 Å². The van der Waals surface area contributed by atoms with Crippen molar-refractivity contribution in [3.63, 3.8) is 0 Å². The molecule has 0 aliphatic carbocycles. The van der Waals surface area contributed by atoms with Crippen LogP contribution < -0.4 is 9.62 Å². The molecule has 0 atom stereocenters. The monoisotopic (exact) mass is 494 g/mol. The molecule has 3 aromatic rings. The lowest BCUT2D eigenvalue weighted by atomic mass is 10.2. The molecule has 0 aliphatic rings. The van der Waals surface area contributed by atoms with Crippen LogP contribution in [0.3, 0.4) is 0 Å². The van der Waals surface area contributed by atoms with Gasteiger partial charge in [-0.2, -0.15) is 0 Å². The largest absolute Gasteiger partial charge is 0.325 e. The van der Waals surface area contributed by atoms with Crippen LogP contribution in [0.4, 0.5) is 11.4 Å². The molecular formula is C22H20Cl2N2O3S2. The third-order valence-corrected chi connectivity index (χ3v) is 7.00. The molecule has 1 N–H and O–H groups in total. The predicted octanol–water partition coefficient (Wildman–Crippen LogP) is 5.69. The van der Waals surface area contributed by atoms with Gasteiger partial charge in [-0.1, -0.05) is 53.5 Å². The first kappa shape index (κ1) is 23.5. The molecule has 0 aliphatic heterocycles. The number of carbonyl (C=O) groups excluding carboxylic acids is 1. The van der Waals surface area contributed by atoms with Crippen molar-refractivity contribution < 1.29 is 13.2 Å². The fourth-order valence-electron chi connectivity index (χ4n) is 2.76. The lowest BCUT2D eigenvalue weighted by Gasteiger charge is -2.23. The van der Waals surface area contributed by atoms with Gasteiger partial charge in [0.1, 0.15) is 6.54 Å². The Morgan fingerprint density at radius 3 is 2.29 bits per heavy atom. The summed E-state index contributed by atoms with van der Waals surface area (Å²) in [5.41, 5.74) is 1.88. The minimum atomic E-state index is -3.74. The van der Waals surface area contributed by atoms with E-state index in [1.54, 1.807) is 23.9 Å². The highest BCUT2D eigenvalue weighted by Crippen LogP contribution is 2.30. The zero-order chi connectivity index (χ0) is 22.4. The SMILES string of the molecule is CS(=O)(=O)N(CC(=O)Nc1ccc(CSc2ccccc2)cc1)c1ccc(Cl)cc1Cl. The Morgan fingerprint density at radius 2 is 1.68 bits per heavy atom. The van der Waals surface area contributed by atoms with Gasteiger partial charge in [0.25, 0.3) is 0 Å². The van der Waals surface area contributed by atoms with Gasteiger partial charge >= 0.3 is 0 Å². The molecule has 3 rings (SSSR count). The number of nitrogens with zero attached hydrogens (tertiary/aromatic N) is 1. The number of halogens is 2. The van der Waals surface area contributed by atoms with E-state index in [2.05, 4.69) is 17.4 Å². The molecule has 162 valence electrons. The van der Waals surface area contributed by atoms with Crippen LogP contribution in [0.25, 0.3) is 0 Å². The molecule has 0 aromatic heterocycles. The topological polar surface area (TPSA) is 66.5 Å². The van der Waals surface area contributed by atoms with Crippen LogP contribution >= 0.6 is 35.0 Å². The lowest BCUT2D eigenvalue weighted by molar-refractivity contribution is -0.114. The van der Waals surface area contributed by atoms with Gasteiger partial charge in [-0.25, -0.2) is 8.42 Å². The molecule has 0 heterocycles. The number of amides is 1. The number of benzene rings is 3. The van der Waals surface area contributed by atoms with Crippen LogP contribution in [0, 0.1) is 0 Å². The zero-order valence-corrected chi connectivity index (χ0v) is 19.7. The van der Waals surface area contributed by atoms with E-state index in [0.29, 0.717) is 10.7 Å². The molecule has 1 amide bonds. The van der Waals surface area contributed by atoms with Gasteiger partial charge in [-0.15, -0.1) is 11.8 Å². The molecule has 0 saturated carbocycles. The summed E-state index contributed by atoms with van der Waals surface area (Å²) in [6, 6.07) is 21.9. The molecule has 0 saturated heterocycles. The quantitative estimate of drug-likeness (QED) is 0.408. The van der Waals surface area contributed by atoms with Gasteiger partial charge in [-0.3, -0.25) is 9.10 Å². The molecule has 0 radical (unpaired) electrons. The highest BCUT2D eigenvalue weighted by atomic mass is 35.5. The third-order valence-electron chi connectivity index (χ3n) is 4.25. The van der Waals surface area contributed by atoms with Gasteiger partial charge in [0, 0.05) is 21.4 Å². The van der Waals surface area contributed by atoms with E-state index in [1.807, 2.05) is 30.3 Å². The van der Waals surface area contributed by atoms with Crippen molar-refractivity contribution in [2.45, 2.75) is 10.6 Å². The Hall–Kier alpha value is -2.19. The smallest absolute Gasteiger partial charge is 0.245 e. The number of sulfonamides is 1. The summed E-state index contributed by atoms with van der Waals surface area (Å²) < 4.78 is 25.4. The van der Waals surface area contributed by atoms with E-state index in [4.69, 9.17) is 23.2 Å². The maximum Gasteiger partial charge on any atom is 0.245 e. The lowest BCUT2D eigenvalue weighted by Crippen LogP contribution is -2.37. The Kier molecular flexibility index (Phi) is 7.89. The summed E-state index contributed by atoms with van der Waals surface area (Å²) in [5, 5.41) is 3.24. The molecular weight excluding hydrogens is 475 g/mol. The van der Waals surface area contributed by atoms with Crippen LogP contribution in [-0.2, 0) is 20.6 Å². The first-order valence-corrected chi connectivity index (χ1v) is 12.8. The molecule has 31 heavy (non-hydrogen) atoms. The number of rotatable bonds is 8. The minimum Gasteiger partial charge on any atom is -0.325 e. The Morgan fingerprint density at radius 1 is 1.00 bits per heavy atom. The van der Waals surface area contributed by atoms with Gasteiger partial charge in [0.05, 0.1) is 17.0 Å². The number of hydrogen-bond acceptors (Lipinski definition) is 4. The van der Waals surface area contributed by atoms with E-state index in [0.717, 1.165) is 21.9 Å². The van der Waals surface area contributed by atoms with Crippen LogP contribution in [-0.4, -0.2) is 27.1 Å². The van der Waals surface area contributed by atoms with Gasteiger partial charge in [-0.05, 0) is 48.0 Å². The van der Waals surface area contributed by atoms with Crippen LogP contribution in [0.1, 0.15) is 5.56 Å². The first-order chi connectivity index (χ1) is 14.7. The van der Waals surface area contributed by atoms with Crippen molar-refractivity contribution in [2.75, 3.05) is 22.4 Å². The second kappa shape index (κ2) is 10.4. The van der Waals surface area contributed by atoms with Crippen LogP contribution in [0.15, 0.2) is 77.7 Å². The number of hydrogen-bond donors (Lipinski definition) is 1. The summed E-state index contributed by atoms with van der Waals surface area (Å²) in [7, 11) is -3.74. The van der Waals surface area contributed by atoms with Gasteiger partial charge in [0.2, 0.25) is 15.9 Å². The van der Waals surface area contributed by atoms with Crippen molar-refractivity contribution in [1.82, 2.24) is 0 Å². The van der Waals surface area contributed by atoms with Crippen molar-refractivity contribution in [2.24, 2.45) is 0 Å². The average molecular weight is 495 g/mol. The summed E-state index contributed by atoms with van der Waals surface area (Å²) >= 11 is 13.7. The number of nitrogens with one attached hydrogen (secondary N) is 1. The normalized spacial score (nSPS) is 11.2. The Bertz CT molecular complexity index is 1160. The summed E-state index contributed by atoms with van der Waals surface area (Å²) in [5.74, 6) is 0.317. The standard InChI is InChI=1S/C22H20Cl2N2O3S2/c1-31(28,29)26(21-12-9-17(23)13-20(21)24)14-22(27)25-18-10-7-16(8-11-18)15-30-19-5-3-2-4-6-19/h2-13H,14-15H2,1H3,(H,25,27). The fourth-order valence-corrected chi connectivity index (χ4v) is 5.07. The van der Waals surface area contributed by atoms with E-state index in [-0.39, 0.29) is 10.7 Å². The van der Waals surface area contributed by atoms with Gasteiger partial charge < -0.3 is 5.32 Å². The van der Waals surface area contributed by atoms with E-state index in [1.165, 1.54) is 23.1 Å². The summed E-state index contributed by atoms with van der Waals surface area (Å²) in [6.07, 6.45) is 1.02. The second-order valence-electron chi connectivity index (χ2n) is 6.71. The summed E-state index contributed by atoms with van der Waals surface area (Å²) in [6.45, 7) is -0.411.